The molecular weight excluding hydrogens is 252 g/mol. The van der Waals surface area contributed by atoms with Crippen molar-refractivity contribution in [1.29, 1.82) is 0 Å². The minimum absolute atomic E-state index is 0.0359. The molecule has 110 valence electrons. The van der Waals surface area contributed by atoms with Crippen molar-refractivity contribution in [1.82, 2.24) is 10.2 Å². The molecule has 1 amide bonds. The predicted octanol–water partition coefficient (Wildman–Crippen LogP) is 2.16. The van der Waals surface area contributed by atoms with Gasteiger partial charge in [-0.25, -0.2) is 0 Å². The molecule has 0 aliphatic carbocycles. The molecule has 1 aliphatic heterocycles. The van der Waals surface area contributed by atoms with Gasteiger partial charge in [0.25, 0.3) is 5.91 Å². The largest absolute Gasteiger partial charge is 0.493 e. The van der Waals surface area contributed by atoms with E-state index in [9.17, 15) is 4.79 Å². The molecule has 4 nitrogen and oxygen atoms in total. The van der Waals surface area contributed by atoms with E-state index >= 15 is 0 Å². The highest BCUT2D eigenvalue weighted by atomic mass is 16.5. The normalized spacial score (nSPS) is 19.0. The molecule has 1 N–H and O–H groups in total. The highest BCUT2D eigenvalue weighted by molar-refractivity contribution is 5.96. The average molecular weight is 276 g/mol. The third kappa shape index (κ3) is 3.97. The molecule has 4 heteroatoms. The molecule has 20 heavy (non-hydrogen) atoms. The maximum Gasteiger partial charge on any atom is 0.255 e. The highest BCUT2D eigenvalue weighted by Gasteiger charge is 2.20. The van der Waals surface area contributed by atoms with Gasteiger partial charge in [-0.1, -0.05) is 19.1 Å². The number of para-hydroxylation sites is 1. The number of hydrogen-bond donors (Lipinski definition) is 1. The Balaban J connectivity index is 1.91. The Kier molecular flexibility index (Phi) is 5.41. The van der Waals surface area contributed by atoms with Gasteiger partial charge in [0.1, 0.15) is 5.75 Å². The third-order valence-electron chi connectivity index (χ3n) is 3.63. The van der Waals surface area contributed by atoms with Gasteiger partial charge in [0, 0.05) is 13.1 Å². The quantitative estimate of drug-likeness (QED) is 0.865. The van der Waals surface area contributed by atoms with E-state index in [4.69, 9.17) is 4.74 Å². The van der Waals surface area contributed by atoms with E-state index < -0.39 is 0 Å². The molecule has 1 aromatic carbocycles. The van der Waals surface area contributed by atoms with E-state index in [0.29, 0.717) is 23.8 Å². The van der Waals surface area contributed by atoms with Crippen LogP contribution in [0.5, 0.6) is 5.75 Å². The lowest BCUT2D eigenvalue weighted by atomic mass is 10.1. The van der Waals surface area contributed by atoms with Crippen molar-refractivity contribution in [2.24, 2.45) is 5.92 Å². The number of benzene rings is 1. The van der Waals surface area contributed by atoms with Crippen LogP contribution in [-0.2, 0) is 0 Å². The molecule has 0 aromatic heterocycles. The lowest BCUT2D eigenvalue weighted by Gasteiger charge is -2.14. The Hall–Kier alpha value is -1.55. The zero-order valence-corrected chi connectivity index (χ0v) is 12.4. The fourth-order valence-electron chi connectivity index (χ4n) is 2.52. The van der Waals surface area contributed by atoms with Crippen LogP contribution < -0.4 is 10.1 Å². The molecule has 1 atom stereocenters. The minimum Gasteiger partial charge on any atom is -0.493 e. The summed E-state index contributed by atoms with van der Waals surface area (Å²) in [6, 6.07) is 7.44. The maximum absolute atomic E-state index is 12.3. The topological polar surface area (TPSA) is 41.6 Å². The van der Waals surface area contributed by atoms with E-state index in [0.717, 1.165) is 32.5 Å². The highest BCUT2D eigenvalue weighted by Crippen LogP contribution is 2.19. The van der Waals surface area contributed by atoms with E-state index in [2.05, 4.69) is 24.2 Å². The number of ether oxygens (including phenoxy) is 1. The predicted molar refractivity (Wildman–Crippen MR) is 80.2 cm³/mol. The van der Waals surface area contributed by atoms with Gasteiger partial charge in [-0.2, -0.15) is 0 Å². The molecule has 1 aromatic rings. The first-order valence-electron chi connectivity index (χ1n) is 7.39. The second kappa shape index (κ2) is 7.29. The lowest BCUT2D eigenvalue weighted by Crippen LogP contribution is -2.30. The zero-order valence-electron chi connectivity index (χ0n) is 12.4. The summed E-state index contributed by atoms with van der Waals surface area (Å²) >= 11 is 0. The van der Waals surface area contributed by atoms with Crippen molar-refractivity contribution in [2.45, 2.75) is 19.8 Å². The van der Waals surface area contributed by atoms with Gasteiger partial charge >= 0.3 is 0 Å². The Morgan fingerprint density at radius 1 is 1.45 bits per heavy atom. The van der Waals surface area contributed by atoms with E-state index in [1.165, 1.54) is 0 Å². The second-order valence-corrected chi connectivity index (χ2v) is 5.47. The van der Waals surface area contributed by atoms with Crippen LogP contribution in [0, 0.1) is 5.92 Å². The first-order valence-corrected chi connectivity index (χ1v) is 7.39. The van der Waals surface area contributed by atoms with Crippen LogP contribution in [0.25, 0.3) is 0 Å². The molecule has 1 saturated heterocycles. The average Bonchev–Trinajstić information content (AvgIpc) is 2.88. The standard InChI is InChI=1S/C16H24N2O2/c1-3-10-20-15-7-5-4-6-14(15)16(19)17-11-13-8-9-18(2)12-13/h4-7,13H,3,8-12H2,1-2H3,(H,17,19)/t13-/m0/s1. The first kappa shape index (κ1) is 14.9. The van der Waals surface area contributed by atoms with Gasteiger partial charge in [0.05, 0.1) is 12.2 Å². The Morgan fingerprint density at radius 3 is 2.95 bits per heavy atom. The minimum atomic E-state index is -0.0359. The molecular formula is C16H24N2O2. The van der Waals surface area contributed by atoms with Gasteiger partial charge in [0.15, 0.2) is 0 Å². The van der Waals surface area contributed by atoms with Crippen molar-refractivity contribution in [3.63, 3.8) is 0 Å². The first-order chi connectivity index (χ1) is 9.70. The van der Waals surface area contributed by atoms with Crippen molar-refractivity contribution >= 4 is 5.91 Å². The van der Waals surface area contributed by atoms with Gasteiger partial charge in [-0.05, 0) is 44.5 Å². The fraction of sp³-hybridized carbons (Fsp3) is 0.562. The molecule has 1 aliphatic rings. The molecule has 1 heterocycles. The van der Waals surface area contributed by atoms with Crippen LogP contribution in [0.15, 0.2) is 24.3 Å². The van der Waals surface area contributed by atoms with Gasteiger partial charge in [-0.15, -0.1) is 0 Å². The van der Waals surface area contributed by atoms with Crippen molar-refractivity contribution in [3.05, 3.63) is 29.8 Å². The van der Waals surface area contributed by atoms with E-state index in [1.807, 2.05) is 24.3 Å². The van der Waals surface area contributed by atoms with Crippen LogP contribution in [0.2, 0.25) is 0 Å². The number of nitrogens with zero attached hydrogens (tertiary/aromatic N) is 1. The van der Waals surface area contributed by atoms with Crippen LogP contribution in [0.3, 0.4) is 0 Å². The number of carbonyl (C=O) groups is 1. The number of carbonyl (C=O) groups excluding carboxylic acids is 1. The van der Waals surface area contributed by atoms with Gasteiger partial charge < -0.3 is 15.0 Å². The number of likely N-dealkylation sites (tertiary alicyclic amines) is 1. The maximum atomic E-state index is 12.3. The summed E-state index contributed by atoms with van der Waals surface area (Å²) in [6.07, 6.45) is 2.09. The fourth-order valence-corrected chi connectivity index (χ4v) is 2.52. The number of hydrogen-bond acceptors (Lipinski definition) is 3. The molecule has 0 unspecified atom stereocenters. The molecule has 0 radical (unpaired) electrons. The number of amides is 1. The van der Waals surface area contributed by atoms with Crippen molar-refractivity contribution in [3.8, 4) is 5.75 Å². The summed E-state index contributed by atoms with van der Waals surface area (Å²) in [5, 5.41) is 3.03. The van der Waals surface area contributed by atoms with Crippen LogP contribution in [0.1, 0.15) is 30.1 Å². The summed E-state index contributed by atoms with van der Waals surface area (Å²) < 4.78 is 5.63. The molecule has 0 spiro atoms. The summed E-state index contributed by atoms with van der Waals surface area (Å²) in [5.74, 6) is 1.20. The summed E-state index contributed by atoms with van der Waals surface area (Å²) in [6.45, 7) is 5.62. The number of nitrogens with one attached hydrogen (secondary N) is 1. The Bertz CT molecular complexity index is 448. The second-order valence-electron chi connectivity index (χ2n) is 5.47. The Labute approximate surface area is 121 Å². The van der Waals surface area contributed by atoms with Crippen molar-refractivity contribution in [2.75, 3.05) is 33.3 Å². The zero-order chi connectivity index (χ0) is 14.4. The SMILES string of the molecule is CCCOc1ccccc1C(=O)NC[C@@H]1CCN(C)C1. The Morgan fingerprint density at radius 2 is 2.25 bits per heavy atom. The number of rotatable bonds is 6. The van der Waals surface area contributed by atoms with Crippen molar-refractivity contribution < 1.29 is 9.53 Å². The monoisotopic (exact) mass is 276 g/mol. The van der Waals surface area contributed by atoms with Crippen LogP contribution in [0.4, 0.5) is 0 Å². The van der Waals surface area contributed by atoms with E-state index in [1.54, 1.807) is 0 Å². The van der Waals surface area contributed by atoms with Crippen LogP contribution >= 0.6 is 0 Å². The third-order valence-corrected chi connectivity index (χ3v) is 3.63. The summed E-state index contributed by atoms with van der Waals surface area (Å²) in [4.78, 5) is 14.6. The summed E-state index contributed by atoms with van der Waals surface area (Å²) in [5.41, 5.74) is 0.632. The molecule has 2 rings (SSSR count). The molecule has 0 saturated carbocycles. The lowest BCUT2D eigenvalue weighted by molar-refractivity contribution is 0.0943. The summed E-state index contributed by atoms with van der Waals surface area (Å²) in [7, 11) is 2.12. The van der Waals surface area contributed by atoms with Crippen LogP contribution in [-0.4, -0.2) is 44.1 Å². The van der Waals surface area contributed by atoms with Gasteiger partial charge in [0.2, 0.25) is 0 Å². The van der Waals surface area contributed by atoms with E-state index in [-0.39, 0.29) is 5.91 Å². The molecule has 1 fully saturated rings. The smallest absolute Gasteiger partial charge is 0.255 e. The van der Waals surface area contributed by atoms with Gasteiger partial charge in [-0.3, -0.25) is 4.79 Å². The molecule has 0 bridgehead atoms.